The van der Waals surface area contributed by atoms with Crippen molar-refractivity contribution in [3.05, 3.63) is 64.8 Å². The van der Waals surface area contributed by atoms with E-state index in [2.05, 4.69) is 20.5 Å². The number of pyridine rings is 1. The van der Waals surface area contributed by atoms with Gasteiger partial charge in [-0.2, -0.15) is 0 Å². The van der Waals surface area contributed by atoms with E-state index in [1.807, 2.05) is 30.3 Å². The molecule has 3 aromatic rings. The Bertz CT molecular complexity index is 1030. The predicted octanol–water partition coefficient (Wildman–Crippen LogP) is 3.80. The second-order valence-corrected chi connectivity index (χ2v) is 8.49. The average molecular weight is 439 g/mol. The minimum Gasteiger partial charge on any atom is -0.481 e. The summed E-state index contributed by atoms with van der Waals surface area (Å²) in [5, 5.41) is 21.3. The molecule has 2 heterocycles. The molecular formula is C22H22N4O4S. The fraction of sp³-hybridized carbons (Fsp3) is 0.318. The third kappa shape index (κ3) is 5.64. The van der Waals surface area contributed by atoms with Crippen molar-refractivity contribution in [3.8, 4) is 5.88 Å². The number of rotatable bonds is 7. The Morgan fingerprint density at radius 3 is 2.52 bits per heavy atom. The summed E-state index contributed by atoms with van der Waals surface area (Å²) in [6.45, 7) is 0. The van der Waals surface area contributed by atoms with Crippen molar-refractivity contribution >= 4 is 28.3 Å². The van der Waals surface area contributed by atoms with Crippen molar-refractivity contribution in [2.24, 2.45) is 5.92 Å². The van der Waals surface area contributed by atoms with Gasteiger partial charge in [0, 0.05) is 18.7 Å². The lowest BCUT2D eigenvalue weighted by Gasteiger charge is -2.26. The number of carbonyl (C=O) groups is 2. The third-order valence-corrected chi connectivity index (χ3v) is 6.03. The molecule has 31 heavy (non-hydrogen) atoms. The molecule has 2 aromatic heterocycles. The topological polar surface area (TPSA) is 114 Å². The van der Waals surface area contributed by atoms with Gasteiger partial charge in [-0.3, -0.25) is 14.9 Å². The smallest absolute Gasteiger partial charge is 0.306 e. The van der Waals surface area contributed by atoms with Crippen molar-refractivity contribution in [1.29, 1.82) is 0 Å². The maximum Gasteiger partial charge on any atom is 0.306 e. The number of ether oxygens (including phenoxy) is 1. The molecule has 1 aliphatic rings. The summed E-state index contributed by atoms with van der Waals surface area (Å²) >= 11 is 1.34. The maximum atomic E-state index is 12.5. The number of hydrogen-bond acceptors (Lipinski definition) is 7. The zero-order valence-electron chi connectivity index (χ0n) is 16.7. The van der Waals surface area contributed by atoms with Gasteiger partial charge < -0.3 is 9.84 Å². The maximum absolute atomic E-state index is 12.5. The summed E-state index contributed by atoms with van der Waals surface area (Å²) in [6, 6.07) is 13.2. The number of anilines is 1. The van der Waals surface area contributed by atoms with Gasteiger partial charge in [0.05, 0.1) is 11.5 Å². The molecule has 4 rings (SSSR count). The molecule has 1 amide bonds. The molecule has 160 valence electrons. The van der Waals surface area contributed by atoms with Gasteiger partial charge in [0.15, 0.2) is 0 Å². The molecule has 0 atom stereocenters. The van der Waals surface area contributed by atoms with E-state index < -0.39 is 5.97 Å². The molecule has 2 N–H and O–H groups in total. The van der Waals surface area contributed by atoms with Gasteiger partial charge in [0.25, 0.3) is 5.91 Å². The lowest BCUT2D eigenvalue weighted by molar-refractivity contribution is -0.143. The molecule has 0 radical (unpaired) electrons. The normalized spacial score (nSPS) is 18.3. The average Bonchev–Trinajstić information content (AvgIpc) is 3.22. The van der Waals surface area contributed by atoms with Gasteiger partial charge in [0.2, 0.25) is 11.0 Å². The fourth-order valence-electron chi connectivity index (χ4n) is 3.50. The summed E-state index contributed by atoms with van der Waals surface area (Å²) in [7, 11) is 0. The second-order valence-electron chi connectivity index (χ2n) is 7.43. The number of nitrogens with one attached hydrogen (secondary N) is 1. The van der Waals surface area contributed by atoms with Crippen LogP contribution in [0.1, 0.15) is 46.6 Å². The minimum atomic E-state index is -0.741. The van der Waals surface area contributed by atoms with E-state index in [1.165, 1.54) is 17.5 Å². The van der Waals surface area contributed by atoms with Crippen LogP contribution >= 0.6 is 11.3 Å². The molecule has 1 aliphatic carbocycles. The number of nitrogens with zero attached hydrogens (tertiary/aromatic N) is 3. The number of aromatic nitrogens is 3. The van der Waals surface area contributed by atoms with E-state index in [-0.39, 0.29) is 17.9 Å². The van der Waals surface area contributed by atoms with Crippen molar-refractivity contribution in [1.82, 2.24) is 15.2 Å². The Kier molecular flexibility index (Phi) is 6.51. The van der Waals surface area contributed by atoms with Crippen molar-refractivity contribution < 1.29 is 19.4 Å². The molecule has 0 spiro atoms. The summed E-state index contributed by atoms with van der Waals surface area (Å²) in [4.78, 5) is 27.7. The van der Waals surface area contributed by atoms with Crippen LogP contribution in [-0.4, -0.2) is 38.3 Å². The van der Waals surface area contributed by atoms with E-state index in [0.29, 0.717) is 48.7 Å². The highest BCUT2D eigenvalue weighted by molar-refractivity contribution is 7.15. The van der Waals surface area contributed by atoms with Crippen molar-refractivity contribution in [3.63, 3.8) is 0 Å². The Hall–Kier alpha value is -3.33. The van der Waals surface area contributed by atoms with E-state index in [0.717, 1.165) is 10.6 Å². The van der Waals surface area contributed by atoms with Crippen LogP contribution in [0.3, 0.4) is 0 Å². The SMILES string of the molecule is O=C(Nc1nnc(Cc2ccccc2)s1)c1ccc(O[C@H]2CC[C@@H](C(=O)O)CC2)nc1. The number of carbonyl (C=O) groups excluding carboxylic acids is 1. The van der Waals surface area contributed by atoms with Gasteiger partial charge in [-0.25, -0.2) is 4.98 Å². The lowest BCUT2D eigenvalue weighted by atomic mass is 9.87. The fourth-order valence-corrected chi connectivity index (χ4v) is 4.27. The van der Waals surface area contributed by atoms with E-state index in [4.69, 9.17) is 9.84 Å². The zero-order valence-corrected chi connectivity index (χ0v) is 17.5. The van der Waals surface area contributed by atoms with Crippen LogP contribution in [0.4, 0.5) is 5.13 Å². The van der Waals surface area contributed by atoms with E-state index >= 15 is 0 Å². The second kappa shape index (κ2) is 9.65. The van der Waals surface area contributed by atoms with Crippen LogP contribution in [0, 0.1) is 5.92 Å². The van der Waals surface area contributed by atoms with Crippen LogP contribution in [-0.2, 0) is 11.2 Å². The van der Waals surface area contributed by atoms with E-state index in [1.54, 1.807) is 12.1 Å². The lowest BCUT2D eigenvalue weighted by Crippen LogP contribution is -2.28. The molecule has 1 aromatic carbocycles. The van der Waals surface area contributed by atoms with Gasteiger partial charge in [0.1, 0.15) is 11.1 Å². The first kappa shape index (κ1) is 20.9. The molecule has 1 saturated carbocycles. The van der Waals surface area contributed by atoms with Gasteiger partial charge in [-0.05, 0) is 37.3 Å². The standard InChI is InChI=1S/C22H22N4O4S/c27-20(24-22-26-25-19(31-22)12-14-4-2-1-3-5-14)16-8-11-18(23-13-16)30-17-9-6-15(7-10-17)21(28)29/h1-5,8,11,13,15,17H,6-7,9-10,12H2,(H,28,29)(H,24,26,27)/t15-,17+. The van der Waals surface area contributed by atoms with Crippen LogP contribution in [0.5, 0.6) is 5.88 Å². The Morgan fingerprint density at radius 2 is 1.84 bits per heavy atom. The number of hydrogen-bond donors (Lipinski definition) is 2. The first-order chi connectivity index (χ1) is 15.1. The summed E-state index contributed by atoms with van der Waals surface area (Å²) < 4.78 is 5.84. The summed E-state index contributed by atoms with van der Waals surface area (Å²) in [6.07, 6.45) is 4.65. The summed E-state index contributed by atoms with van der Waals surface area (Å²) in [5.41, 5.74) is 1.52. The summed E-state index contributed by atoms with van der Waals surface area (Å²) in [5.74, 6) is -0.915. The van der Waals surface area contributed by atoms with Gasteiger partial charge in [-0.1, -0.05) is 41.7 Å². The van der Waals surface area contributed by atoms with Crippen LogP contribution in [0.25, 0.3) is 0 Å². The van der Waals surface area contributed by atoms with Crippen LogP contribution in [0.2, 0.25) is 0 Å². The zero-order chi connectivity index (χ0) is 21.6. The monoisotopic (exact) mass is 438 g/mol. The quantitative estimate of drug-likeness (QED) is 0.577. The Balaban J connectivity index is 1.29. The number of aliphatic carboxylic acids is 1. The Morgan fingerprint density at radius 1 is 1.06 bits per heavy atom. The van der Waals surface area contributed by atoms with Gasteiger partial charge in [-0.15, -0.1) is 10.2 Å². The molecule has 0 bridgehead atoms. The first-order valence-electron chi connectivity index (χ1n) is 10.1. The highest BCUT2D eigenvalue weighted by Crippen LogP contribution is 2.27. The molecule has 8 nitrogen and oxygen atoms in total. The molecule has 0 unspecified atom stereocenters. The molecule has 0 aliphatic heterocycles. The number of carboxylic acids is 1. The molecule has 9 heteroatoms. The van der Waals surface area contributed by atoms with Gasteiger partial charge >= 0.3 is 5.97 Å². The van der Waals surface area contributed by atoms with E-state index in [9.17, 15) is 9.59 Å². The molecule has 0 saturated heterocycles. The van der Waals surface area contributed by atoms with Crippen LogP contribution < -0.4 is 10.1 Å². The van der Waals surface area contributed by atoms with Crippen molar-refractivity contribution in [2.75, 3.05) is 5.32 Å². The predicted molar refractivity (Wildman–Crippen MR) is 115 cm³/mol. The number of benzene rings is 1. The highest BCUT2D eigenvalue weighted by atomic mass is 32.1. The Labute approximate surface area is 183 Å². The van der Waals surface area contributed by atoms with Crippen LogP contribution in [0.15, 0.2) is 48.7 Å². The number of carboxylic acid groups (broad SMARTS) is 1. The number of amides is 1. The highest BCUT2D eigenvalue weighted by Gasteiger charge is 2.27. The minimum absolute atomic E-state index is 0.0489. The molecule has 1 fully saturated rings. The molecular weight excluding hydrogens is 416 g/mol. The third-order valence-electron chi connectivity index (χ3n) is 5.19. The van der Waals surface area contributed by atoms with Crippen molar-refractivity contribution in [2.45, 2.75) is 38.2 Å². The first-order valence-corrected chi connectivity index (χ1v) is 10.9. The largest absolute Gasteiger partial charge is 0.481 e.